The third kappa shape index (κ3) is 4.96. The van der Waals surface area contributed by atoms with Crippen LogP contribution >= 0.6 is 0 Å². The minimum Gasteiger partial charge on any atom is -0.385 e. The van der Waals surface area contributed by atoms with Crippen LogP contribution in [0.4, 0.5) is 10.1 Å². The Kier molecular flexibility index (Phi) is 7.66. The molecule has 6 nitrogen and oxygen atoms in total. The number of nitrogens with one attached hydrogen (secondary N) is 1. The van der Waals surface area contributed by atoms with Crippen molar-refractivity contribution in [3.63, 3.8) is 0 Å². The van der Waals surface area contributed by atoms with E-state index in [4.69, 9.17) is 15.3 Å². The number of para-hydroxylation sites is 1. The van der Waals surface area contributed by atoms with Crippen LogP contribution in [0.25, 0.3) is 0 Å². The van der Waals surface area contributed by atoms with E-state index in [1.54, 1.807) is 19.1 Å². The van der Waals surface area contributed by atoms with Crippen molar-refractivity contribution < 1.29 is 18.7 Å². The summed E-state index contributed by atoms with van der Waals surface area (Å²) < 4.78 is 23.7. The standard InChI is InChI=1S/C14H22FN3O3/c1-20-9-4-7-18(8-10-21-2)14(19)11-5-3-6-12(15)13(11)17-16/h3,5-6,17H,4,7-10,16H2,1-2H3. The number of nitrogen functional groups attached to an aromatic ring is 1. The number of methoxy groups -OCH3 is 2. The van der Waals surface area contributed by atoms with Crippen LogP contribution in [0.15, 0.2) is 18.2 Å². The highest BCUT2D eigenvalue weighted by molar-refractivity contribution is 5.99. The lowest BCUT2D eigenvalue weighted by Crippen LogP contribution is -2.36. The number of hydrogen-bond acceptors (Lipinski definition) is 5. The zero-order valence-corrected chi connectivity index (χ0v) is 12.4. The number of amides is 1. The minimum absolute atomic E-state index is 0.00309. The molecule has 0 unspecified atom stereocenters. The largest absolute Gasteiger partial charge is 0.385 e. The maximum Gasteiger partial charge on any atom is 0.256 e. The van der Waals surface area contributed by atoms with Gasteiger partial charge in [0, 0.05) is 33.9 Å². The van der Waals surface area contributed by atoms with E-state index in [1.165, 1.54) is 18.2 Å². The lowest BCUT2D eigenvalue weighted by Gasteiger charge is -2.23. The van der Waals surface area contributed by atoms with Gasteiger partial charge < -0.3 is 19.8 Å². The summed E-state index contributed by atoms with van der Waals surface area (Å²) in [5, 5.41) is 0. The monoisotopic (exact) mass is 299 g/mol. The maximum atomic E-state index is 13.7. The van der Waals surface area contributed by atoms with E-state index in [1.807, 2.05) is 0 Å². The number of halogens is 1. The van der Waals surface area contributed by atoms with Crippen molar-refractivity contribution in [1.29, 1.82) is 0 Å². The Balaban J connectivity index is 2.90. The number of rotatable bonds is 9. The van der Waals surface area contributed by atoms with E-state index in [0.717, 1.165) is 0 Å². The molecule has 3 N–H and O–H groups in total. The molecule has 0 bridgehead atoms. The Morgan fingerprint density at radius 3 is 2.62 bits per heavy atom. The third-order valence-corrected chi connectivity index (χ3v) is 3.02. The molecule has 0 spiro atoms. The van der Waals surface area contributed by atoms with Crippen molar-refractivity contribution in [2.75, 3.05) is 45.9 Å². The van der Waals surface area contributed by atoms with Crippen LogP contribution in [-0.4, -0.2) is 51.3 Å². The summed E-state index contributed by atoms with van der Waals surface area (Å²) in [5.41, 5.74) is 2.44. The van der Waals surface area contributed by atoms with Crippen molar-refractivity contribution in [2.24, 2.45) is 5.84 Å². The van der Waals surface area contributed by atoms with E-state index in [9.17, 15) is 9.18 Å². The topological polar surface area (TPSA) is 76.8 Å². The molecule has 118 valence electrons. The van der Waals surface area contributed by atoms with Crippen molar-refractivity contribution in [1.82, 2.24) is 4.90 Å². The molecule has 0 aliphatic carbocycles. The highest BCUT2D eigenvalue weighted by atomic mass is 19.1. The normalized spacial score (nSPS) is 10.5. The molecule has 1 amide bonds. The third-order valence-electron chi connectivity index (χ3n) is 3.02. The summed E-state index contributed by atoms with van der Waals surface area (Å²) in [6, 6.07) is 4.26. The van der Waals surface area contributed by atoms with E-state index >= 15 is 0 Å². The van der Waals surface area contributed by atoms with Crippen molar-refractivity contribution in [2.45, 2.75) is 6.42 Å². The molecular weight excluding hydrogens is 277 g/mol. The lowest BCUT2D eigenvalue weighted by molar-refractivity contribution is 0.0674. The highest BCUT2D eigenvalue weighted by Crippen LogP contribution is 2.20. The van der Waals surface area contributed by atoms with Crippen LogP contribution in [0, 0.1) is 5.82 Å². The molecule has 0 saturated carbocycles. The molecule has 0 atom stereocenters. The van der Waals surface area contributed by atoms with Crippen molar-refractivity contribution in [3.05, 3.63) is 29.6 Å². The summed E-state index contributed by atoms with van der Waals surface area (Å²) in [5.74, 6) is 4.45. The number of anilines is 1. The smallest absolute Gasteiger partial charge is 0.256 e. The fourth-order valence-electron chi connectivity index (χ4n) is 1.94. The number of carbonyl (C=O) groups is 1. The minimum atomic E-state index is -0.563. The van der Waals surface area contributed by atoms with Gasteiger partial charge >= 0.3 is 0 Å². The molecule has 1 rings (SSSR count). The highest BCUT2D eigenvalue weighted by Gasteiger charge is 2.20. The predicted octanol–water partition coefficient (Wildman–Crippen LogP) is 1.24. The molecular formula is C14H22FN3O3. The SMILES string of the molecule is COCCCN(CCOC)C(=O)c1cccc(F)c1NN. The Morgan fingerprint density at radius 2 is 2.00 bits per heavy atom. The second-order valence-corrected chi connectivity index (χ2v) is 4.44. The van der Waals surface area contributed by atoms with Gasteiger partial charge in [-0.15, -0.1) is 0 Å². The van der Waals surface area contributed by atoms with Crippen molar-refractivity contribution in [3.8, 4) is 0 Å². The van der Waals surface area contributed by atoms with Crippen LogP contribution in [0.2, 0.25) is 0 Å². The molecule has 7 heteroatoms. The zero-order chi connectivity index (χ0) is 15.7. The summed E-state index contributed by atoms with van der Waals surface area (Å²) in [7, 11) is 3.16. The molecule has 0 heterocycles. The number of carbonyl (C=O) groups excluding carboxylic acids is 1. The second-order valence-electron chi connectivity index (χ2n) is 4.44. The van der Waals surface area contributed by atoms with Gasteiger partial charge in [0.05, 0.1) is 17.9 Å². The molecule has 0 saturated heterocycles. The van der Waals surface area contributed by atoms with E-state index < -0.39 is 5.82 Å². The van der Waals surface area contributed by atoms with Gasteiger partial charge in [-0.3, -0.25) is 10.6 Å². The first-order chi connectivity index (χ1) is 10.2. The number of nitrogens with zero attached hydrogens (tertiary/aromatic N) is 1. The Hall–Kier alpha value is -1.70. The fraction of sp³-hybridized carbons (Fsp3) is 0.500. The van der Waals surface area contributed by atoms with E-state index in [2.05, 4.69) is 5.43 Å². The molecule has 0 radical (unpaired) electrons. The first-order valence-electron chi connectivity index (χ1n) is 6.68. The van der Waals surface area contributed by atoms with Crippen LogP contribution in [0.3, 0.4) is 0 Å². The van der Waals surface area contributed by atoms with Gasteiger partial charge in [0.1, 0.15) is 5.82 Å². The molecule has 0 aliphatic rings. The van der Waals surface area contributed by atoms with Crippen LogP contribution < -0.4 is 11.3 Å². The summed E-state index contributed by atoms with van der Waals surface area (Å²) in [6.45, 7) is 1.86. The number of ether oxygens (including phenoxy) is 2. The molecule has 0 fully saturated rings. The number of nitrogens with two attached hydrogens (primary N) is 1. The van der Waals surface area contributed by atoms with Gasteiger partial charge in [-0.25, -0.2) is 4.39 Å². The lowest BCUT2D eigenvalue weighted by atomic mass is 10.1. The second kappa shape index (κ2) is 9.28. The number of hydrogen-bond donors (Lipinski definition) is 2. The summed E-state index contributed by atoms with van der Waals surface area (Å²) in [6.07, 6.45) is 0.687. The maximum absolute atomic E-state index is 13.7. The Morgan fingerprint density at radius 1 is 1.29 bits per heavy atom. The van der Waals surface area contributed by atoms with Gasteiger partial charge in [0.15, 0.2) is 0 Å². The average Bonchev–Trinajstić information content (AvgIpc) is 2.49. The molecule has 0 aliphatic heterocycles. The fourth-order valence-corrected chi connectivity index (χ4v) is 1.94. The Bertz CT molecular complexity index is 457. The van der Waals surface area contributed by atoms with Crippen LogP contribution in [0.1, 0.15) is 16.8 Å². The summed E-state index contributed by atoms with van der Waals surface area (Å²) in [4.78, 5) is 14.1. The van der Waals surface area contributed by atoms with Gasteiger partial charge in [-0.2, -0.15) is 0 Å². The predicted molar refractivity (Wildman–Crippen MR) is 78.5 cm³/mol. The van der Waals surface area contributed by atoms with Gasteiger partial charge in [-0.05, 0) is 18.6 Å². The first kappa shape index (κ1) is 17.4. The van der Waals surface area contributed by atoms with Gasteiger partial charge in [0.2, 0.25) is 0 Å². The summed E-state index contributed by atoms with van der Waals surface area (Å²) >= 11 is 0. The van der Waals surface area contributed by atoms with E-state index in [0.29, 0.717) is 32.7 Å². The molecule has 0 aromatic heterocycles. The van der Waals surface area contributed by atoms with Crippen molar-refractivity contribution >= 4 is 11.6 Å². The molecule has 21 heavy (non-hydrogen) atoms. The zero-order valence-electron chi connectivity index (χ0n) is 12.4. The van der Waals surface area contributed by atoms with Gasteiger partial charge in [-0.1, -0.05) is 6.07 Å². The number of benzene rings is 1. The molecule has 1 aromatic carbocycles. The molecule has 1 aromatic rings. The Labute approximate surface area is 124 Å². The quantitative estimate of drug-likeness (QED) is 0.407. The van der Waals surface area contributed by atoms with E-state index in [-0.39, 0.29) is 17.2 Å². The van der Waals surface area contributed by atoms with Gasteiger partial charge in [0.25, 0.3) is 5.91 Å². The first-order valence-corrected chi connectivity index (χ1v) is 6.68. The average molecular weight is 299 g/mol. The van der Waals surface area contributed by atoms with Crippen LogP contribution in [-0.2, 0) is 9.47 Å². The number of hydrazine groups is 1. The van der Waals surface area contributed by atoms with Crippen LogP contribution in [0.5, 0.6) is 0 Å².